The standard InChI is InChI=1S/C20H18F2N4O2/c1-13(26-9-14-4-2-3-5-16(14)19(26)27)20(28,10-25-12-23-11-24-25)17-7-6-15(21)8-18(17)22/h2-8,11-13,28H,9-10H2,1H3. The number of nitrogens with zero attached hydrogens (tertiary/aromatic N) is 4. The van der Waals surface area contributed by atoms with Crippen molar-refractivity contribution in [3.63, 3.8) is 0 Å². The Balaban J connectivity index is 1.76. The summed E-state index contributed by atoms with van der Waals surface area (Å²) >= 11 is 0. The lowest BCUT2D eigenvalue weighted by atomic mass is 9.85. The fraction of sp³-hybridized carbons (Fsp3) is 0.250. The molecule has 2 unspecified atom stereocenters. The predicted molar refractivity (Wildman–Crippen MR) is 96.1 cm³/mol. The molecule has 1 aromatic heterocycles. The van der Waals surface area contributed by atoms with Crippen LogP contribution >= 0.6 is 0 Å². The van der Waals surface area contributed by atoms with Crippen LogP contribution in [0.3, 0.4) is 0 Å². The van der Waals surface area contributed by atoms with E-state index in [1.807, 2.05) is 12.1 Å². The molecule has 144 valence electrons. The summed E-state index contributed by atoms with van der Waals surface area (Å²) in [5.41, 5.74) is -0.580. The quantitative estimate of drug-likeness (QED) is 0.734. The van der Waals surface area contributed by atoms with E-state index in [0.717, 1.165) is 17.7 Å². The number of carbonyl (C=O) groups excluding carboxylic acids is 1. The zero-order chi connectivity index (χ0) is 19.9. The van der Waals surface area contributed by atoms with Crippen LogP contribution < -0.4 is 0 Å². The molecule has 1 aliphatic rings. The Morgan fingerprint density at radius 1 is 1.25 bits per heavy atom. The second-order valence-corrected chi connectivity index (χ2v) is 6.91. The summed E-state index contributed by atoms with van der Waals surface area (Å²) in [6.45, 7) is 1.78. The molecule has 0 bridgehead atoms. The lowest BCUT2D eigenvalue weighted by molar-refractivity contribution is -0.0556. The molecule has 0 aliphatic carbocycles. The number of fused-ring (bicyclic) bond motifs is 1. The van der Waals surface area contributed by atoms with E-state index in [4.69, 9.17) is 0 Å². The van der Waals surface area contributed by atoms with Crippen molar-refractivity contribution in [3.05, 3.63) is 83.4 Å². The van der Waals surface area contributed by atoms with E-state index in [1.54, 1.807) is 19.1 Å². The first-order valence-electron chi connectivity index (χ1n) is 8.79. The number of rotatable bonds is 5. The van der Waals surface area contributed by atoms with E-state index in [0.29, 0.717) is 12.1 Å². The summed E-state index contributed by atoms with van der Waals surface area (Å²) in [5, 5.41) is 15.6. The molecule has 0 spiro atoms. The lowest BCUT2D eigenvalue weighted by Gasteiger charge is -2.39. The Hall–Kier alpha value is -3.13. The lowest BCUT2D eigenvalue weighted by Crippen LogP contribution is -2.52. The molecular weight excluding hydrogens is 366 g/mol. The summed E-state index contributed by atoms with van der Waals surface area (Å²) in [6, 6.07) is 9.34. The Bertz CT molecular complexity index is 1020. The second-order valence-electron chi connectivity index (χ2n) is 6.91. The minimum atomic E-state index is -1.86. The van der Waals surface area contributed by atoms with Crippen LogP contribution in [0.25, 0.3) is 0 Å². The summed E-state index contributed by atoms with van der Waals surface area (Å²) in [4.78, 5) is 18.2. The summed E-state index contributed by atoms with van der Waals surface area (Å²) in [7, 11) is 0. The van der Waals surface area contributed by atoms with Crippen LogP contribution in [0.5, 0.6) is 0 Å². The Kier molecular flexibility index (Phi) is 4.43. The topological polar surface area (TPSA) is 71.2 Å². The van der Waals surface area contributed by atoms with Crippen molar-refractivity contribution in [2.75, 3.05) is 0 Å². The third kappa shape index (κ3) is 2.95. The normalized spacial score (nSPS) is 16.7. The number of hydrogen-bond donors (Lipinski definition) is 1. The first-order valence-corrected chi connectivity index (χ1v) is 8.79. The summed E-state index contributed by atoms with van der Waals surface area (Å²) < 4.78 is 29.4. The Morgan fingerprint density at radius 3 is 2.71 bits per heavy atom. The van der Waals surface area contributed by atoms with Crippen molar-refractivity contribution in [2.24, 2.45) is 0 Å². The molecule has 8 heteroatoms. The summed E-state index contributed by atoms with van der Waals surface area (Å²) in [6.07, 6.45) is 2.68. The fourth-order valence-corrected chi connectivity index (χ4v) is 3.69. The third-order valence-corrected chi connectivity index (χ3v) is 5.28. The van der Waals surface area contributed by atoms with Gasteiger partial charge in [-0.15, -0.1) is 0 Å². The van der Waals surface area contributed by atoms with Crippen molar-refractivity contribution in [1.29, 1.82) is 0 Å². The molecule has 2 heterocycles. The molecule has 1 amide bonds. The molecule has 28 heavy (non-hydrogen) atoms. The van der Waals surface area contributed by atoms with Gasteiger partial charge in [-0.25, -0.2) is 18.4 Å². The largest absolute Gasteiger partial charge is 0.381 e. The first-order chi connectivity index (χ1) is 13.4. The Morgan fingerprint density at radius 2 is 2.04 bits per heavy atom. The minimum absolute atomic E-state index is 0.111. The van der Waals surface area contributed by atoms with Gasteiger partial charge in [0.25, 0.3) is 5.91 Å². The maximum Gasteiger partial charge on any atom is 0.254 e. The molecule has 1 N–H and O–H groups in total. The van der Waals surface area contributed by atoms with Gasteiger partial charge in [0.2, 0.25) is 0 Å². The fourth-order valence-electron chi connectivity index (χ4n) is 3.69. The van der Waals surface area contributed by atoms with E-state index in [2.05, 4.69) is 10.1 Å². The van der Waals surface area contributed by atoms with Crippen LogP contribution in [0, 0.1) is 11.6 Å². The van der Waals surface area contributed by atoms with Gasteiger partial charge in [0, 0.05) is 23.7 Å². The summed E-state index contributed by atoms with van der Waals surface area (Å²) in [5.74, 6) is -1.89. The average molecular weight is 384 g/mol. The van der Waals surface area contributed by atoms with Crippen molar-refractivity contribution in [2.45, 2.75) is 31.7 Å². The minimum Gasteiger partial charge on any atom is -0.381 e. The van der Waals surface area contributed by atoms with Gasteiger partial charge in [-0.3, -0.25) is 4.79 Å². The molecule has 0 fully saturated rings. The van der Waals surface area contributed by atoms with Crippen molar-refractivity contribution in [3.8, 4) is 0 Å². The van der Waals surface area contributed by atoms with Gasteiger partial charge in [0.05, 0.1) is 12.6 Å². The average Bonchev–Trinajstić information content (AvgIpc) is 3.29. The van der Waals surface area contributed by atoms with Gasteiger partial charge in [-0.2, -0.15) is 5.10 Å². The predicted octanol–water partition coefficient (Wildman–Crippen LogP) is 2.49. The molecule has 3 aromatic rings. The molecule has 2 aromatic carbocycles. The van der Waals surface area contributed by atoms with Crippen molar-refractivity contribution in [1.82, 2.24) is 19.7 Å². The van der Waals surface area contributed by atoms with Gasteiger partial charge in [0.15, 0.2) is 0 Å². The number of aliphatic hydroxyl groups is 1. The van der Waals surface area contributed by atoms with Crippen LogP contribution in [0.2, 0.25) is 0 Å². The monoisotopic (exact) mass is 384 g/mol. The molecule has 0 radical (unpaired) electrons. The highest BCUT2D eigenvalue weighted by Gasteiger charge is 2.45. The highest BCUT2D eigenvalue weighted by atomic mass is 19.1. The third-order valence-electron chi connectivity index (χ3n) is 5.28. The highest BCUT2D eigenvalue weighted by Crippen LogP contribution is 2.36. The van der Waals surface area contributed by atoms with E-state index >= 15 is 0 Å². The molecule has 6 nitrogen and oxygen atoms in total. The smallest absolute Gasteiger partial charge is 0.254 e. The van der Waals surface area contributed by atoms with Gasteiger partial charge < -0.3 is 10.0 Å². The van der Waals surface area contributed by atoms with Crippen LogP contribution in [0.1, 0.15) is 28.4 Å². The Labute approximate surface area is 160 Å². The number of halogens is 2. The molecule has 0 saturated heterocycles. The van der Waals surface area contributed by atoms with Crippen LogP contribution in [0.15, 0.2) is 55.1 Å². The second kappa shape index (κ2) is 6.79. The number of amides is 1. The van der Waals surface area contributed by atoms with Crippen LogP contribution in [-0.2, 0) is 18.7 Å². The SMILES string of the molecule is CC(N1Cc2ccccc2C1=O)C(O)(Cn1cncn1)c1ccc(F)cc1F. The first kappa shape index (κ1) is 18.2. The maximum absolute atomic E-state index is 14.6. The highest BCUT2D eigenvalue weighted by molar-refractivity contribution is 5.98. The van der Waals surface area contributed by atoms with E-state index in [-0.39, 0.29) is 18.0 Å². The van der Waals surface area contributed by atoms with Gasteiger partial charge in [-0.05, 0) is 24.6 Å². The van der Waals surface area contributed by atoms with Crippen LogP contribution in [0.4, 0.5) is 8.78 Å². The van der Waals surface area contributed by atoms with Gasteiger partial charge in [0.1, 0.15) is 29.9 Å². The zero-order valence-electron chi connectivity index (χ0n) is 15.1. The van der Waals surface area contributed by atoms with Crippen molar-refractivity contribution >= 4 is 5.91 Å². The molecule has 0 saturated carbocycles. The molecule has 4 rings (SSSR count). The van der Waals surface area contributed by atoms with Gasteiger partial charge >= 0.3 is 0 Å². The molecule has 1 aliphatic heterocycles. The van der Waals surface area contributed by atoms with Gasteiger partial charge in [-0.1, -0.05) is 24.3 Å². The van der Waals surface area contributed by atoms with Crippen molar-refractivity contribution < 1.29 is 18.7 Å². The molecular formula is C20H18F2N4O2. The number of hydrogen-bond acceptors (Lipinski definition) is 4. The van der Waals surface area contributed by atoms with E-state index in [9.17, 15) is 18.7 Å². The number of benzene rings is 2. The van der Waals surface area contributed by atoms with E-state index in [1.165, 1.54) is 28.3 Å². The zero-order valence-corrected chi connectivity index (χ0v) is 15.1. The van der Waals surface area contributed by atoms with Crippen LogP contribution in [-0.4, -0.2) is 36.7 Å². The number of carbonyl (C=O) groups is 1. The molecule has 2 atom stereocenters. The maximum atomic E-state index is 14.6. The van der Waals surface area contributed by atoms with E-state index < -0.39 is 23.3 Å². The number of aromatic nitrogens is 3.